The number of carbonyl (C=O) groups is 2. The number of nitrogens with zero attached hydrogens (tertiary/aromatic N) is 2. The van der Waals surface area contributed by atoms with Gasteiger partial charge in [0.25, 0.3) is 0 Å². The second kappa shape index (κ2) is 6.75. The predicted octanol–water partition coefficient (Wildman–Crippen LogP) is 2.46. The number of urea groups is 1. The van der Waals surface area contributed by atoms with Gasteiger partial charge in [-0.15, -0.1) is 11.3 Å². The largest absolute Gasteiger partial charge is 0.478 e. The zero-order valence-corrected chi connectivity index (χ0v) is 11.5. The molecule has 1 rings (SSSR count). The molecule has 0 spiro atoms. The first kappa shape index (κ1) is 15.0. The number of hydrogen-bond donors (Lipinski definition) is 2. The minimum absolute atomic E-state index is 0.0720. The Morgan fingerprint density at radius 2 is 2.32 bits per heavy atom. The molecular formula is C12H15N3O3S. The molecule has 0 saturated heterocycles. The molecule has 2 amide bonds. The Balaban J connectivity index is 2.75. The maximum Gasteiger partial charge on any atom is 0.338 e. The van der Waals surface area contributed by atoms with Crippen LogP contribution >= 0.6 is 11.3 Å². The van der Waals surface area contributed by atoms with Crippen molar-refractivity contribution in [2.24, 2.45) is 5.92 Å². The number of rotatable bonds is 5. The maximum absolute atomic E-state index is 12.0. The van der Waals surface area contributed by atoms with Crippen molar-refractivity contribution >= 4 is 28.3 Å². The number of thiophene rings is 1. The summed E-state index contributed by atoms with van der Waals surface area (Å²) in [5, 5.41) is 22.2. The molecule has 19 heavy (non-hydrogen) atoms. The zero-order chi connectivity index (χ0) is 14.4. The molecule has 1 heterocycles. The summed E-state index contributed by atoms with van der Waals surface area (Å²) in [7, 11) is 0. The predicted molar refractivity (Wildman–Crippen MR) is 72.3 cm³/mol. The quantitative estimate of drug-likeness (QED) is 0.866. The molecule has 1 atom stereocenters. The Morgan fingerprint density at radius 3 is 2.84 bits per heavy atom. The van der Waals surface area contributed by atoms with Gasteiger partial charge in [-0.2, -0.15) is 5.26 Å². The number of nitrogens with one attached hydrogen (secondary N) is 1. The summed E-state index contributed by atoms with van der Waals surface area (Å²) in [6.45, 7) is 4.29. The van der Waals surface area contributed by atoms with Crippen molar-refractivity contribution in [3.63, 3.8) is 0 Å². The van der Waals surface area contributed by atoms with E-state index in [0.717, 1.165) is 11.3 Å². The smallest absolute Gasteiger partial charge is 0.338 e. The maximum atomic E-state index is 12.0. The Labute approximate surface area is 115 Å². The number of aromatic carboxylic acids is 1. The van der Waals surface area contributed by atoms with Crippen LogP contribution in [0.15, 0.2) is 11.4 Å². The number of carboxylic acid groups (broad SMARTS) is 1. The second-order valence-corrected chi connectivity index (χ2v) is 4.88. The van der Waals surface area contributed by atoms with Crippen molar-refractivity contribution in [2.75, 3.05) is 18.4 Å². The molecule has 2 N–H and O–H groups in total. The summed E-state index contributed by atoms with van der Waals surface area (Å²) >= 11 is 1.15. The molecule has 0 bridgehead atoms. The third-order valence-electron chi connectivity index (χ3n) is 2.50. The van der Waals surface area contributed by atoms with Crippen LogP contribution in [0.4, 0.5) is 9.80 Å². The van der Waals surface area contributed by atoms with Crippen molar-refractivity contribution in [2.45, 2.75) is 13.8 Å². The molecule has 0 aliphatic carbocycles. The van der Waals surface area contributed by atoms with Crippen molar-refractivity contribution in [1.29, 1.82) is 5.26 Å². The third kappa shape index (κ3) is 3.96. The molecule has 0 radical (unpaired) electrons. The molecule has 1 aromatic rings. The highest BCUT2D eigenvalue weighted by atomic mass is 32.1. The third-order valence-corrected chi connectivity index (χ3v) is 3.33. The van der Waals surface area contributed by atoms with Gasteiger partial charge in [0.2, 0.25) is 0 Å². The minimum Gasteiger partial charge on any atom is -0.478 e. The van der Waals surface area contributed by atoms with Gasteiger partial charge >= 0.3 is 12.0 Å². The Kier molecular flexibility index (Phi) is 5.33. The van der Waals surface area contributed by atoms with Crippen molar-refractivity contribution in [3.8, 4) is 6.07 Å². The van der Waals surface area contributed by atoms with Crippen LogP contribution in [0.2, 0.25) is 0 Å². The lowest BCUT2D eigenvalue weighted by molar-refractivity contribution is 0.0698. The summed E-state index contributed by atoms with van der Waals surface area (Å²) in [5.41, 5.74) is 0.0720. The molecule has 6 nitrogen and oxygen atoms in total. The van der Waals surface area contributed by atoms with Gasteiger partial charge in [0, 0.05) is 13.1 Å². The Morgan fingerprint density at radius 1 is 1.63 bits per heavy atom. The number of carbonyl (C=O) groups excluding carboxylic acids is 1. The van der Waals surface area contributed by atoms with Crippen LogP contribution in [-0.4, -0.2) is 35.1 Å². The second-order valence-electron chi connectivity index (χ2n) is 3.97. The highest BCUT2D eigenvalue weighted by molar-refractivity contribution is 7.14. The Bertz CT molecular complexity index is 507. The van der Waals surface area contributed by atoms with Crippen LogP contribution < -0.4 is 5.32 Å². The van der Waals surface area contributed by atoms with E-state index in [2.05, 4.69) is 11.4 Å². The van der Waals surface area contributed by atoms with Crippen molar-refractivity contribution in [1.82, 2.24) is 4.90 Å². The van der Waals surface area contributed by atoms with Gasteiger partial charge in [0.1, 0.15) is 5.00 Å². The van der Waals surface area contributed by atoms with Gasteiger partial charge in [0.05, 0.1) is 17.6 Å². The summed E-state index contributed by atoms with van der Waals surface area (Å²) < 4.78 is 0. The molecule has 0 saturated carbocycles. The highest BCUT2D eigenvalue weighted by Crippen LogP contribution is 2.23. The fraction of sp³-hybridized carbons (Fsp3) is 0.417. The minimum atomic E-state index is -1.08. The standard InChI is InChI=1S/C12H15N3O3S/c1-3-15(7-8(2)6-13)12(18)14-10-9(11(16)17)4-5-19-10/h4-5,8H,3,7H2,1-2H3,(H,14,18)(H,16,17). The topological polar surface area (TPSA) is 93.4 Å². The van der Waals surface area contributed by atoms with E-state index in [0.29, 0.717) is 18.1 Å². The summed E-state index contributed by atoms with van der Waals surface area (Å²) in [4.78, 5) is 24.4. The first-order chi connectivity index (χ1) is 8.99. The summed E-state index contributed by atoms with van der Waals surface area (Å²) in [6.07, 6.45) is 0. The van der Waals surface area contributed by atoms with E-state index < -0.39 is 12.0 Å². The normalized spacial score (nSPS) is 11.4. The number of amides is 2. The molecule has 1 aromatic heterocycles. The molecule has 0 fully saturated rings. The zero-order valence-electron chi connectivity index (χ0n) is 10.7. The van der Waals surface area contributed by atoms with Crippen LogP contribution in [0.5, 0.6) is 0 Å². The average Bonchev–Trinajstić information content (AvgIpc) is 2.83. The van der Waals surface area contributed by atoms with Gasteiger partial charge in [-0.05, 0) is 25.3 Å². The van der Waals surface area contributed by atoms with Crippen LogP contribution in [0.3, 0.4) is 0 Å². The van der Waals surface area contributed by atoms with E-state index in [-0.39, 0.29) is 11.5 Å². The number of anilines is 1. The van der Waals surface area contributed by atoms with E-state index >= 15 is 0 Å². The summed E-state index contributed by atoms with van der Waals surface area (Å²) in [5.74, 6) is -1.35. The molecular weight excluding hydrogens is 266 g/mol. The molecule has 0 aliphatic rings. The van der Waals surface area contributed by atoms with Gasteiger partial charge in [-0.1, -0.05) is 0 Å². The lowest BCUT2D eigenvalue weighted by atomic mass is 10.2. The first-order valence-electron chi connectivity index (χ1n) is 5.75. The fourth-order valence-corrected chi connectivity index (χ4v) is 2.25. The average molecular weight is 281 g/mol. The number of hydrogen-bond acceptors (Lipinski definition) is 4. The number of carboxylic acids is 1. The fourth-order valence-electron chi connectivity index (χ4n) is 1.48. The van der Waals surface area contributed by atoms with Gasteiger partial charge < -0.3 is 10.0 Å². The molecule has 7 heteroatoms. The van der Waals surface area contributed by atoms with Gasteiger partial charge in [0.15, 0.2) is 0 Å². The lowest BCUT2D eigenvalue weighted by Gasteiger charge is -2.22. The van der Waals surface area contributed by atoms with E-state index in [9.17, 15) is 9.59 Å². The SMILES string of the molecule is CCN(CC(C)C#N)C(=O)Nc1sccc1C(=O)O. The first-order valence-corrected chi connectivity index (χ1v) is 6.63. The Hall–Kier alpha value is -2.07. The molecule has 1 unspecified atom stereocenters. The van der Waals surface area contributed by atoms with Gasteiger partial charge in [-0.25, -0.2) is 9.59 Å². The van der Waals surface area contributed by atoms with E-state index in [4.69, 9.17) is 10.4 Å². The van der Waals surface area contributed by atoms with E-state index in [1.54, 1.807) is 19.2 Å². The van der Waals surface area contributed by atoms with E-state index in [1.165, 1.54) is 11.0 Å². The molecule has 0 aromatic carbocycles. The lowest BCUT2D eigenvalue weighted by Crippen LogP contribution is -2.37. The molecule has 0 aliphatic heterocycles. The van der Waals surface area contributed by atoms with E-state index in [1.807, 2.05) is 0 Å². The summed E-state index contributed by atoms with van der Waals surface area (Å²) in [6, 6.07) is 3.11. The number of nitriles is 1. The highest BCUT2D eigenvalue weighted by Gasteiger charge is 2.18. The van der Waals surface area contributed by atoms with Crippen molar-refractivity contribution in [3.05, 3.63) is 17.0 Å². The monoisotopic (exact) mass is 281 g/mol. The van der Waals surface area contributed by atoms with Gasteiger partial charge in [-0.3, -0.25) is 5.32 Å². The van der Waals surface area contributed by atoms with Crippen molar-refractivity contribution < 1.29 is 14.7 Å². The van der Waals surface area contributed by atoms with Crippen LogP contribution in [-0.2, 0) is 0 Å². The van der Waals surface area contributed by atoms with Crippen LogP contribution in [0, 0.1) is 17.2 Å². The van der Waals surface area contributed by atoms with Crippen LogP contribution in [0.25, 0.3) is 0 Å². The molecule has 102 valence electrons. The van der Waals surface area contributed by atoms with Crippen LogP contribution in [0.1, 0.15) is 24.2 Å².